The van der Waals surface area contributed by atoms with Gasteiger partial charge in [0.2, 0.25) is 0 Å². The Morgan fingerprint density at radius 2 is 1.74 bits per heavy atom. The summed E-state index contributed by atoms with van der Waals surface area (Å²) < 4.78 is 5.64. The number of nitrogens with one attached hydrogen (secondary N) is 1. The first kappa shape index (κ1) is 12.0. The quantitative estimate of drug-likeness (QED) is 0.759. The maximum absolute atomic E-state index is 5.64. The minimum Gasteiger partial charge on any atom is -0.464 e. The smallest absolute Gasteiger partial charge is 0.134 e. The Morgan fingerprint density at radius 1 is 1.00 bits per heavy atom. The number of hydrogen-bond acceptors (Lipinski definition) is 2. The second-order valence-corrected chi connectivity index (χ2v) is 4.82. The van der Waals surface area contributed by atoms with Gasteiger partial charge in [-0.2, -0.15) is 0 Å². The van der Waals surface area contributed by atoms with Gasteiger partial charge in [-0.25, -0.2) is 0 Å². The molecule has 2 heteroatoms. The molecule has 1 unspecified atom stereocenters. The zero-order valence-corrected chi connectivity index (χ0v) is 11.2. The Balaban J connectivity index is 2.09. The van der Waals surface area contributed by atoms with Crippen LogP contribution in [-0.2, 0) is 0 Å². The van der Waals surface area contributed by atoms with Crippen LogP contribution in [0.5, 0.6) is 0 Å². The lowest BCUT2D eigenvalue weighted by Crippen LogP contribution is -2.17. The fourth-order valence-electron chi connectivity index (χ4n) is 2.48. The van der Waals surface area contributed by atoms with Crippen LogP contribution in [0.15, 0.2) is 59.2 Å². The molecule has 96 valence electrons. The molecule has 2 nitrogen and oxygen atoms in total. The van der Waals surface area contributed by atoms with E-state index < -0.39 is 0 Å². The average molecular weight is 251 g/mol. The van der Waals surface area contributed by atoms with E-state index in [1.165, 1.54) is 22.1 Å². The Labute approximate surface area is 113 Å². The van der Waals surface area contributed by atoms with Crippen molar-refractivity contribution in [3.63, 3.8) is 0 Å². The first-order chi connectivity index (χ1) is 9.29. The Hall–Kier alpha value is -2.06. The number of aryl methyl sites for hydroxylation is 1. The standard InChI is InChI=1S/C17H17NO/c1-12-7-9-13(10-8-12)17(18-2)15-11-19-16-6-4-3-5-14(15)16/h3-11,17-18H,1-2H3. The lowest BCUT2D eigenvalue weighted by atomic mass is 9.97. The first-order valence-corrected chi connectivity index (χ1v) is 6.49. The molecule has 0 spiro atoms. The first-order valence-electron chi connectivity index (χ1n) is 6.49. The van der Waals surface area contributed by atoms with E-state index in [9.17, 15) is 0 Å². The highest BCUT2D eigenvalue weighted by Gasteiger charge is 2.16. The summed E-state index contributed by atoms with van der Waals surface area (Å²) in [6.07, 6.45) is 1.85. The molecule has 3 rings (SSSR count). The van der Waals surface area contributed by atoms with E-state index in [1.807, 2.05) is 31.5 Å². The van der Waals surface area contributed by atoms with Crippen molar-refractivity contribution in [3.05, 3.63) is 71.5 Å². The number of benzene rings is 2. The van der Waals surface area contributed by atoms with Gasteiger partial charge in [-0.1, -0.05) is 48.0 Å². The minimum absolute atomic E-state index is 0.157. The van der Waals surface area contributed by atoms with Crippen molar-refractivity contribution >= 4 is 11.0 Å². The molecule has 1 heterocycles. The molecule has 0 fully saturated rings. The lowest BCUT2D eigenvalue weighted by molar-refractivity contribution is 0.597. The third kappa shape index (κ3) is 2.15. The molecule has 0 aliphatic carbocycles. The molecule has 1 N–H and O–H groups in total. The maximum atomic E-state index is 5.64. The van der Waals surface area contributed by atoms with Crippen LogP contribution in [0.3, 0.4) is 0 Å². The van der Waals surface area contributed by atoms with Crippen LogP contribution in [-0.4, -0.2) is 7.05 Å². The number of fused-ring (bicyclic) bond motifs is 1. The molecule has 0 aliphatic rings. The van der Waals surface area contributed by atoms with Gasteiger partial charge in [0.25, 0.3) is 0 Å². The van der Waals surface area contributed by atoms with Gasteiger partial charge in [0.05, 0.1) is 12.3 Å². The van der Waals surface area contributed by atoms with Gasteiger partial charge < -0.3 is 9.73 Å². The van der Waals surface area contributed by atoms with Crippen molar-refractivity contribution in [1.82, 2.24) is 5.32 Å². The van der Waals surface area contributed by atoms with Crippen LogP contribution in [0, 0.1) is 6.92 Å². The third-order valence-corrected chi connectivity index (χ3v) is 3.52. The molecule has 0 amide bonds. The zero-order chi connectivity index (χ0) is 13.2. The lowest BCUT2D eigenvalue weighted by Gasteiger charge is -2.15. The summed E-state index contributed by atoms with van der Waals surface area (Å²) in [6, 6.07) is 16.9. The fraction of sp³-hybridized carbons (Fsp3) is 0.176. The fourth-order valence-corrected chi connectivity index (χ4v) is 2.48. The average Bonchev–Trinajstić information content (AvgIpc) is 2.86. The summed E-state index contributed by atoms with van der Waals surface area (Å²) in [7, 11) is 1.98. The summed E-state index contributed by atoms with van der Waals surface area (Å²) in [5, 5.41) is 4.54. The van der Waals surface area contributed by atoms with Crippen LogP contribution < -0.4 is 5.32 Å². The monoisotopic (exact) mass is 251 g/mol. The van der Waals surface area contributed by atoms with Gasteiger partial charge >= 0.3 is 0 Å². The summed E-state index contributed by atoms with van der Waals surface area (Å²) >= 11 is 0. The van der Waals surface area contributed by atoms with E-state index in [2.05, 4.69) is 42.6 Å². The molecule has 3 aromatic rings. The van der Waals surface area contributed by atoms with Crippen LogP contribution in [0.2, 0.25) is 0 Å². The Morgan fingerprint density at radius 3 is 2.47 bits per heavy atom. The summed E-state index contributed by atoms with van der Waals surface area (Å²) in [5.74, 6) is 0. The molecule has 0 saturated carbocycles. The molecule has 0 aliphatic heterocycles. The van der Waals surface area contributed by atoms with E-state index in [0.717, 1.165) is 5.58 Å². The number of rotatable bonds is 3. The number of hydrogen-bond donors (Lipinski definition) is 1. The van der Waals surface area contributed by atoms with Gasteiger partial charge in [-0.3, -0.25) is 0 Å². The van der Waals surface area contributed by atoms with Crippen LogP contribution >= 0.6 is 0 Å². The van der Waals surface area contributed by atoms with Gasteiger partial charge in [-0.05, 0) is 25.6 Å². The molecular weight excluding hydrogens is 234 g/mol. The number of furan rings is 1. The van der Waals surface area contributed by atoms with Crippen molar-refractivity contribution in [2.45, 2.75) is 13.0 Å². The highest BCUT2D eigenvalue weighted by atomic mass is 16.3. The molecule has 1 aromatic heterocycles. The molecule has 2 aromatic carbocycles. The molecule has 19 heavy (non-hydrogen) atoms. The van der Waals surface area contributed by atoms with Crippen LogP contribution in [0.4, 0.5) is 0 Å². The predicted octanol–water partition coefficient (Wildman–Crippen LogP) is 4.05. The second kappa shape index (κ2) is 4.90. The van der Waals surface area contributed by atoms with Crippen molar-refractivity contribution in [1.29, 1.82) is 0 Å². The van der Waals surface area contributed by atoms with Crippen molar-refractivity contribution < 1.29 is 4.42 Å². The van der Waals surface area contributed by atoms with Crippen LogP contribution in [0.25, 0.3) is 11.0 Å². The van der Waals surface area contributed by atoms with Crippen molar-refractivity contribution in [3.8, 4) is 0 Å². The molecule has 0 saturated heterocycles. The summed E-state index contributed by atoms with van der Waals surface area (Å²) in [4.78, 5) is 0. The third-order valence-electron chi connectivity index (χ3n) is 3.52. The largest absolute Gasteiger partial charge is 0.464 e. The van der Waals surface area contributed by atoms with Crippen molar-refractivity contribution in [2.75, 3.05) is 7.05 Å². The summed E-state index contributed by atoms with van der Waals surface area (Å²) in [5.41, 5.74) is 4.64. The van der Waals surface area contributed by atoms with Crippen LogP contribution in [0.1, 0.15) is 22.7 Å². The van der Waals surface area contributed by atoms with E-state index in [-0.39, 0.29) is 6.04 Å². The van der Waals surface area contributed by atoms with Gasteiger partial charge in [0.1, 0.15) is 5.58 Å². The normalized spacial score (nSPS) is 12.7. The Kier molecular flexibility index (Phi) is 3.10. The minimum atomic E-state index is 0.157. The number of para-hydroxylation sites is 1. The topological polar surface area (TPSA) is 25.2 Å². The molecule has 1 atom stereocenters. The summed E-state index contributed by atoms with van der Waals surface area (Å²) in [6.45, 7) is 2.10. The van der Waals surface area contributed by atoms with Crippen molar-refractivity contribution in [2.24, 2.45) is 0 Å². The second-order valence-electron chi connectivity index (χ2n) is 4.82. The maximum Gasteiger partial charge on any atom is 0.134 e. The van der Waals surface area contributed by atoms with E-state index >= 15 is 0 Å². The van der Waals surface area contributed by atoms with Gasteiger partial charge in [0.15, 0.2) is 0 Å². The highest BCUT2D eigenvalue weighted by molar-refractivity contribution is 5.81. The van der Waals surface area contributed by atoms with E-state index in [0.29, 0.717) is 0 Å². The molecular formula is C17H17NO. The SMILES string of the molecule is CNC(c1ccc(C)cc1)c1coc2ccccc12. The highest BCUT2D eigenvalue weighted by Crippen LogP contribution is 2.30. The van der Waals surface area contributed by atoms with E-state index in [4.69, 9.17) is 4.42 Å². The zero-order valence-electron chi connectivity index (χ0n) is 11.2. The van der Waals surface area contributed by atoms with Gasteiger partial charge in [0, 0.05) is 10.9 Å². The van der Waals surface area contributed by atoms with E-state index in [1.54, 1.807) is 0 Å². The van der Waals surface area contributed by atoms with Gasteiger partial charge in [-0.15, -0.1) is 0 Å². The molecule has 0 bridgehead atoms. The Bertz CT molecular complexity index is 682. The predicted molar refractivity (Wildman–Crippen MR) is 78.3 cm³/mol. The molecule has 0 radical (unpaired) electrons.